The van der Waals surface area contributed by atoms with Gasteiger partial charge in [0.25, 0.3) is 0 Å². The lowest BCUT2D eigenvalue weighted by molar-refractivity contribution is 0.171. The van der Waals surface area contributed by atoms with Crippen molar-refractivity contribution in [3.63, 3.8) is 0 Å². The van der Waals surface area contributed by atoms with E-state index < -0.39 is 0 Å². The molecule has 1 N–H and O–H groups in total. The molecule has 0 bridgehead atoms. The van der Waals surface area contributed by atoms with E-state index in [2.05, 4.69) is 30.5 Å². The predicted molar refractivity (Wildman–Crippen MR) is 89.7 cm³/mol. The summed E-state index contributed by atoms with van der Waals surface area (Å²) in [6, 6.07) is 1.83. The zero-order chi connectivity index (χ0) is 15.2. The topological polar surface area (TPSA) is 53.9 Å². The zero-order valence-corrected chi connectivity index (χ0v) is 13.9. The van der Waals surface area contributed by atoms with Crippen LogP contribution in [0.2, 0.25) is 0 Å². The van der Waals surface area contributed by atoms with Crippen molar-refractivity contribution in [2.45, 2.75) is 25.8 Å². The maximum Gasteiger partial charge on any atom is 0.188 e. The van der Waals surface area contributed by atoms with Crippen LogP contribution in [0, 0.1) is 5.92 Å². The Kier molecular flexibility index (Phi) is 5.48. The Morgan fingerprint density at radius 1 is 1.27 bits per heavy atom. The standard InChI is InChI=1S/C16H23N5S/c1-17-8-3-13-4-9-21(10-5-13)11-14-12-22-16(20-14)15-18-6-2-7-19-15/h2,6-7,12-13,17H,3-5,8-11H2,1H3. The summed E-state index contributed by atoms with van der Waals surface area (Å²) in [4.78, 5) is 15.7. The molecule has 0 amide bonds. The third kappa shape index (κ3) is 4.09. The van der Waals surface area contributed by atoms with Gasteiger partial charge in [-0.05, 0) is 57.9 Å². The summed E-state index contributed by atoms with van der Waals surface area (Å²) in [5, 5.41) is 6.30. The summed E-state index contributed by atoms with van der Waals surface area (Å²) in [5.74, 6) is 1.61. The van der Waals surface area contributed by atoms with E-state index in [0.29, 0.717) is 0 Å². The van der Waals surface area contributed by atoms with E-state index in [1.165, 1.54) is 32.4 Å². The highest BCUT2D eigenvalue weighted by atomic mass is 32.1. The monoisotopic (exact) mass is 317 g/mol. The molecule has 22 heavy (non-hydrogen) atoms. The number of hydrogen-bond donors (Lipinski definition) is 1. The quantitative estimate of drug-likeness (QED) is 0.887. The molecule has 0 unspecified atom stereocenters. The average Bonchev–Trinajstić information content (AvgIpc) is 3.04. The summed E-state index contributed by atoms with van der Waals surface area (Å²) in [6.07, 6.45) is 7.44. The van der Waals surface area contributed by atoms with Gasteiger partial charge < -0.3 is 5.32 Å². The lowest BCUT2D eigenvalue weighted by Gasteiger charge is -2.31. The number of aromatic nitrogens is 3. The molecule has 1 aliphatic heterocycles. The molecule has 3 heterocycles. The van der Waals surface area contributed by atoms with Crippen LogP contribution in [-0.4, -0.2) is 46.5 Å². The van der Waals surface area contributed by atoms with Crippen LogP contribution >= 0.6 is 11.3 Å². The summed E-state index contributed by atoms with van der Waals surface area (Å²) in [5.41, 5.74) is 1.14. The van der Waals surface area contributed by atoms with E-state index in [-0.39, 0.29) is 0 Å². The first kappa shape index (κ1) is 15.5. The first-order chi connectivity index (χ1) is 10.8. The molecule has 3 rings (SSSR count). The fraction of sp³-hybridized carbons (Fsp3) is 0.562. The van der Waals surface area contributed by atoms with Gasteiger partial charge in [0.2, 0.25) is 0 Å². The van der Waals surface area contributed by atoms with Crippen molar-refractivity contribution in [3.8, 4) is 10.8 Å². The lowest BCUT2D eigenvalue weighted by Crippen LogP contribution is -2.34. The lowest BCUT2D eigenvalue weighted by atomic mass is 9.93. The first-order valence-corrected chi connectivity index (χ1v) is 8.82. The minimum absolute atomic E-state index is 0.726. The molecule has 0 aromatic carbocycles. The molecule has 2 aromatic rings. The summed E-state index contributed by atoms with van der Waals surface area (Å²) >= 11 is 1.63. The van der Waals surface area contributed by atoms with Gasteiger partial charge in [-0.25, -0.2) is 15.0 Å². The van der Waals surface area contributed by atoms with Crippen molar-refractivity contribution in [2.24, 2.45) is 5.92 Å². The predicted octanol–water partition coefficient (Wildman–Crippen LogP) is 2.42. The second-order valence-corrected chi connectivity index (χ2v) is 6.69. The van der Waals surface area contributed by atoms with Crippen molar-refractivity contribution < 1.29 is 0 Å². The van der Waals surface area contributed by atoms with Crippen LogP contribution in [0.15, 0.2) is 23.8 Å². The van der Waals surface area contributed by atoms with E-state index >= 15 is 0 Å². The molecule has 0 radical (unpaired) electrons. The third-order valence-corrected chi connectivity index (χ3v) is 5.09. The largest absolute Gasteiger partial charge is 0.320 e. The van der Waals surface area contributed by atoms with Crippen molar-refractivity contribution in [1.29, 1.82) is 0 Å². The van der Waals surface area contributed by atoms with E-state index in [4.69, 9.17) is 0 Å². The maximum atomic E-state index is 4.69. The van der Waals surface area contributed by atoms with Gasteiger partial charge in [0.05, 0.1) is 5.69 Å². The van der Waals surface area contributed by atoms with Crippen molar-refractivity contribution >= 4 is 11.3 Å². The Balaban J connectivity index is 1.51. The van der Waals surface area contributed by atoms with Crippen molar-refractivity contribution in [3.05, 3.63) is 29.5 Å². The number of rotatable bonds is 6. The van der Waals surface area contributed by atoms with E-state index in [1.54, 1.807) is 23.7 Å². The minimum atomic E-state index is 0.726. The van der Waals surface area contributed by atoms with Crippen LogP contribution < -0.4 is 5.32 Å². The summed E-state index contributed by atoms with van der Waals surface area (Å²) in [7, 11) is 2.03. The molecule has 1 aliphatic rings. The Morgan fingerprint density at radius 3 is 2.77 bits per heavy atom. The molecule has 2 aromatic heterocycles. The molecule has 1 saturated heterocycles. The number of piperidine rings is 1. The molecule has 0 aliphatic carbocycles. The van der Waals surface area contributed by atoms with Gasteiger partial charge in [-0.2, -0.15) is 0 Å². The van der Waals surface area contributed by atoms with Gasteiger partial charge in [0.1, 0.15) is 0 Å². The molecule has 118 valence electrons. The minimum Gasteiger partial charge on any atom is -0.320 e. The Hall–Kier alpha value is -1.37. The van der Waals surface area contributed by atoms with Crippen LogP contribution in [0.3, 0.4) is 0 Å². The van der Waals surface area contributed by atoms with Gasteiger partial charge in [-0.1, -0.05) is 0 Å². The van der Waals surface area contributed by atoms with E-state index in [1.807, 2.05) is 13.1 Å². The molecule has 6 heteroatoms. The molecule has 5 nitrogen and oxygen atoms in total. The second kappa shape index (κ2) is 7.76. The van der Waals surface area contributed by atoms with Crippen LogP contribution in [0.1, 0.15) is 25.0 Å². The maximum absolute atomic E-state index is 4.69. The molecule has 0 saturated carbocycles. The Morgan fingerprint density at radius 2 is 2.05 bits per heavy atom. The fourth-order valence-electron chi connectivity index (χ4n) is 2.90. The normalized spacial score (nSPS) is 17.0. The number of nitrogens with zero attached hydrogens (tertiary/aromatic N) is 4. The molecule has 0 atom stereocenters. The highest BCUT2D eigenvalue weighted by Crippen LogP contribution is 2.24. The van der Waals surface area contributed by atoms with Gasteiger partial charge in [0, 0.05) is 24.3 Å². The molecular formula is C16H23N5S. The summed E-state index contributed by atoms with van der Waals surface area (Å²) in [6.45, 7) is 4.45. The number of nitrogens with one attached hydrogen (secondary N) is 1. The number of hydrogen-bond acceptors (Lipinski definition) is 6. The third-order valence-electron chi connectivity index (χ3n) is 4.20. The number of likely N-dealkylation sites (tertiary alicyclic amines) is 1. The van der Waals surface area contributed by atoms with Gasteiger partial charge in [-0.3, -0.25) is 4.90 Å². The van der Waals surface area contributed by atoms with E-state index in [9.17, 15) is 0 Å². The molecule has 0 spiro atoms. The van der Waals surface area contributed by atoms with Crippen LogP contribution in [0.25, 0.3) is 10.8 Å². The average molecular weight is 317 g/mol. The van der Waals surface area contributed by atoms with Crippen molar-refractivity contribution in [1.82, 2.24) is 25.2 Å². The molecule has 1 fully saturated rings. The SMILES string of the molecule is CNCCC1CCN(Cc2csc(-c3ncccn3)n2)CC1. The van der Waals surface area contributed by atoms with Crippen LogP contribution in [0.4, 0.5) is 0 Å². The van der Waals surface area contributed by atoms with Gasteiger partial charge >= 0.3 is 0 Å². The van der Waals surface area contributed by atoms with Gasteiger partial charge in [0.15, 0.2) is 10.8 Å². The van der Waals surface area contributed by atoms with E-state index in [0.717, 1.165) is 35.5 Å². The van der Waals surface area contributed by atoms with Crippen LogP contribution in [-0.2, 0) is 6.54 Å². The Bertz CT molecular complexity index is 563. The summed E-state index contributed by atoms with van der Waals surface area (Å²) < 4.78 is 0. The Labute approximate surface area is 135 Å². The second-order valence-electron chi connectivity index (χ2n) is 5.83. The van der Waals surface area contributed by atoms with Crippen LogP contribution in [0.5, 0.6) is 0 Å². The van der Waals surface area contributed by atoms with Gasteiger partial charge in [-0.15, -0.1) is 11.3 Å². The highest BCUT2D eigenvalue weighted by molar-refractivity contribution is 7.13. The molecular weight excluding hydrogens is 294 g/mol. The first-order valence-electron chi connectivity index (χ1n) is 7.94. The fourth-order valence-corrected chi connectivity index (χ4v) is 3.66. The number of thiazole rings is 1. The highest BCUT2D eigenvalue weighted by Gasteiger charge is 2.19. The smallest absolute Gasteiger partial charge is 0.188 e. The van der Waals surface area contributed by atoms with Crippen molar-refractivity contribution in [2.75, 3.05) is 26.7 Å². The zero-order valence-electron chi connectivity index (χ0n) is 13.0.